The molecule has 20 heavy (non-hydrogen) atoms. The molecule has 3 rings (SSSR count). The number of ketones is 1. The van der Waals surface area contributed by atoms with Gasteiger partial charge in [-0.3, -0.25) is 9.59 Å². The molecule has 1 aliphatic heterocycles. The van der Waals surface area contributed by atoms with E-state index >= 15 is 0 Å². The van der Waals surface area contributed by atoms with E-state index in [2.05, 4.69) is 0 Å². The molecule has 0 N–H and O–H groups in total. The number of carbonyl (C=O) groups excluding carboxylic acids is 2. The lowest BCUT2D eigenvalue weighted by Crippen LogP contribution is -2.11. The molecule has 0 aliphatic carbocycles. The molecule has 1 aromatic heterocycles. The zero-order valence-electron chi connectivity index (χ0n) is 11.2. The van der Waals surface area contributed by atoms with E-state index < -0.39 is 0 Å². The summed E-state index contributed by atoms with van der Waals surface area (Å²) in [5.74, 6) is 0.690. The van der Waals surface area contributed by atoms with Gasteiger partial charge >= 0.3 is 5.97 Å². The average Bonchev–Trinajstić information content (AvgIpc) is 2.96. The second-order valence-electron chi connectivity index (χ2n) is 4.61. The van der Waals surface area contributed by atoms with E-state index in [1.165, 1.54) is 0 Å². The Morgan fingerprint density at radius 1 is 1.35 bits per heavy atom. The number of fused-ring (bicyclic) bond motifs is 1. The van der Waals surface area contributed by atoms with Crippen LogP contribution in [0, 0.1) is 0 Å². The number of ether oxygens (including phenoxy) is 2. The molecular formula is C15H13NO4. The summed E-state index contributed by atoms with van der Waals surface area (Å²) in [6.07, 6.45) is 0.206. The van der Waals surface area contributed by atoms with Gasteiger partial charge in [0.1, 0.15) is 5.75 Å². The van der Waals surface area contributed by atoms with Crippen LogP contribution in [0.25, 0.3) is 0 Å². The lowest BCUT2D eigenvalue weighted by atomic mass is 10.1. The number of hydrogen-bond donors (Lipinski definition) is 0. The molecule has 5 heteroatoms. The summed E-state index contributed by atoms with van der Waals surface area (Å²) in [4.78, 5) is 23.7. The zero-order chi connectivity index (χ0) is 14.3. The van der Waals surface area contributed by atoms with Crippen LogP contribution in [0.3, 0.4) is 0 Å². The largest absolute Gasteiger partial charge is 0.497 e. The smallest absolute Gasteiger partial charge is 0.317 e. The Kier molecular flexibility index (Phi) is 2.82. The number of rotatable bonds is 3. The molecule has 0 unspecified atom stereocenters. The third kappa shape index (κ3) is 1.87. The van der Waals surface area contributed by atoms with Crippen LogP contribution in [0.4, 0.5) is 0 Å². The Labute approximate surface area is 115 Å². The Morgan fingerprint density at radius 2 is 2.15 bits per heavy atom. The lowest BCUT2D eigenvalue weighted by molar-refractivity contribution is -0.131. The average molecular weight is 271 g/mol. The molecule has 2 aromatic rings. The molecule has 0 saturated heterocycles. The van der Waals surface area contributed by atoms with Gasteiger partial charge in [-0.15, -0.1) is 0 Å². The van der Waals surface area contributed by atoms with Crippen molar-refractivity contribution in [2.24, 2.45) is 7.05 Å². The van der Waals surface area contributed by atoms with Crippen molar-refractivity contribution in [3.8, 4) is 11.5 Å². The normalized spacial score (nSPS) is 13.0. The zero-order valence-corrected chi connectivity index (χ0v) is 11.2. The standard InChI is InChI=1S/C15H13NO4/c1-16-11-8-14(17)20-13(11)7-12(16)15(18)9-4-3-5-10(6-9)19-2/h3-7H,8H2,1-2H3. The van der Waals surface area contributed by atoms with Crippen molar-refractivity contribution in [1.82, 2.24) is 4.57 Å². The summed E-state index contributed by atoms with van der Waals surface area (Å²) in [5.41, 5.74) is 1.77. The maximum absolute atomic E-state index is 12.5. The topological polar surface area (TPSA) is 57.5 Å². The van der Waals surface area contributed by atoms with E-state index in [1.807, 2.05) is 0 Å². The summed E-state index contributed by atoms with van der Waals surface area (Å²) in [6.45, 7) is 0. The van der Waals surface area contributed by atoms with Crippen LogP contribution in [0.1, 0.15) is 21.7 Å². The molecule has 0 atom stereocenters. The first-order valence-electron chi connectivity index (χ1n) is 6.18. The van der Waals surface area contributed by atoms with Gasteiger partial charge in [-0.05, 0) is 12.1 Å². The van der Waals surface area contributed by atoms with Crippen molar-refractivity contribution >= 4 is 11.8 Å². The molecule has 0 spiro atoms. The number of aromatic nitrogens is 1. The van der Waals surface area contributed by atoms with Crippen LogP contribution in [-0.4, -0.2) is 23.4 Å². The quantitative estimate of drug-likeness (QED) is 0.630. The van der Waals surface area contributed by atoms with Crippen molar-refractivity contribution in [3.05, 3.63) is 47.3 Å². The first kappa shape index (κ1) is 12.5. The molecule has 0 saturated carbocycles. The number of nitrogens with zero attached hydrogens (tertiary/aromatic N) is 1. The molecule has 2 heterocycles. The SMILES string of the molecule is COc1cccc(C(=O)c2cc3c(n2C)CC(=O)O3)c1. The van der Waals surface area contributed by atoms with E-state index in [1.54, 1.807) is 49.1 Å². The first-order valence-corrected chi connectivity index (χ1v) is 6.18. The number of benzene rings is 1. The number of methoxy groups -OCH3 is 1. The minimum Gasteiger partial charge on any atom is -0.497 e. The highest BCUT2D eigenvalue weighted by Crippen LogP contribution is 2.30. The molecule has 102 valence electrons. The molecular weight excluding hydrogens is 258 g/mol. The Balaban J connectivity index is 1.99. The number of hydrogen-bond acceptors (Lipinski definition) is 4. The highest BCUT2D eigenvalue weighted by atomic mass is 16.5. The summed E-state index contributed by atoms with van der Waals surface area (Å²) in [7, 11) is 3.31. The van der Waals surface area contributed by atoms with Gasteiger partial charge in [-0.2, -0.15) is 0 Å². The van der Waals surface area contributed by atoms with Crippen molar-refractivity contribution < 1.29 is 19.1 Å². The predicted molar refractivity (Wildman–Crippen MR) is 71.2 cm³/mol. The molecule has 1 aliphatic rings. The van der Waals surface area contributed by atoms with E-state index in [0.717, 1.165) is 5.69 Å². The van der Waals surface area contributed by atoms with Gasteiger partial charge in [0.2, 0.25) is 5.78 Å². The van der Waals surface area contributed by atoms with Gasteiger partial charge in [0.05, 0.1) is 24.9 Å². The van der Waals surface area contributed by atoms with Crippen molar-refractivity contribution in [1.29, 1.82) is 0 Å². The molecule has 0 amide bonds. The maximum Gasteiger partial charge on any atom is 0.317 e. The van der Waals surface area contributed by atoms with Crippen molar-refractivity contribution in [2.75, 3.05) is 7.11 Å². The van der Waals surface area contributed by atoms with E-state index in [9.17, 15) is 9.59 Å². The summed E-state index contributed by atoms with van der Waals surface area (Å²) in [6, 6.07) is 8.58. The van der Waals surface area contributed by atoms with Crippen LogP contribution in [-0.2, 0) is 18.3 Å². The van der Waals surface area contributed by atoms with Crippen LogP contribution < -0.4 is 9.47 Å². The minimum atomic E-state index is -0.286. The Hall–Kier alpha value is -2.56. The van der Waals surface area contributed by atoms with Gasteiger partial charge < -0.3 is 14.0 Å². The number of esters is 1. The fraction of sp³-hybridized carbons (Fsp3) is 0.200. The molecule has 0 bridgehead atoms. The first-order chi connectivity index (χ1) is 9.60. The predicted octanol–water partition coefficient (Wildman–Crippen LogP) is 1.73. The highest BCUT2D eigenvalue weighted by molar-refractivity contribution is 6.09. The second-order valence-corrected chi connectivity index (χ2v) is 4.61. The van der Waals surface area contributed by atoms with Gasteiger partial charge in [0.25, 0.3) is 0 Å². The molecule has 1 aromatic carbocycles. The van der Waals surface area contributed by atoms with Crippen LogP contribution >= 0.6 is 0 Å². The summed E-state index contributed by atoms with van der Waals surface area (Å²) >= 11 is 0. The van der Waals surface area contributed by atoms with Crippen molar-refractivity contribution in [2.45, 2.75) is 6.42 Å². The third-order valence-electron chi connectivity index (χ3n) is 3.42. The molecule has 5 nitrogen and oxygen atoms in total. The van der Waals surface area contributed by atoms with E-state index in [-0.39, 0.29) is 18.2 Å². The van der Waals surface area contributed by atoms with Crippen LogP contribution in [0.15, 0.2) is 30.3 Å². The van der Waals surface area contributed by atoms with Crippen LogP contribution in [0.5, 0.6) is 11.5 Å². The van der Waals surface area contributed by atoms with Gasteiger partial charge in [-0.25, -0.2) is 0 Å². The van der Waals surface area contributed by atoms with Gasteiger partial charge in [0.15, 0.2) is 5.75 Å². The van der Waals surface area contributed by atoms with Crippen molar-refractivity contribution in [3.63, 3.8) is 0 Å². The number of carbonyl (C=O) groups is 2. The fourth-order valence-corrected chi connectivity index (χ4v) is 2.33. The fourth-order valence-electron chi connectivity index (χ4n) is 2.33. The van der Waals surface area contributed by atoms with E-state index in [0.29, 0.717) is 22.8 Å². The highest BCUT2D eigenvalue weighted by Gasteiger charge is 2.28. The van der Waals surface area contributed by atoms with Crippen LogP contribution in [0.2, 0.25) is 0 Å². The monoisotopic (exact) mass is 271 g/mol. The molecule has 0 fully saturated rings. The maximum atomic E-state index is 12.5. The van der Waals surface area contributed by atoms with Gasteiger partial charge in [-0.1, -0.05) is 12.1 Å². The summed E-state index contributed by atoms with van der Waals surface area (Å²) in [5, 5.41) is 0. The second kappa shape index (κ2) is 4.52. The minimum absolute atomic E-state index is 0.128. The van der Waals surface area contributed by atoms with Gasteiger partial charge in [0, 0.05) is 18.7 Å². The molecule has 0 radical (unpaired) electrons. The lowest BCUT2D eigenvalue weighted by Gasteiger charge is -2.06. The van der Waals surface area contributed by atoms with E-state index in [4.69, 9.17) is 9.47 Å². The Bertz CT molecular complexity index is 715. The Morgan fingerprint density at radius 3 is 2.85 bits per heavy atom. The summed E-state index contributed by atoms with van der Waals surface area (Å²) < 4.78 is 11.9. The third-order valence-corrected chi connectivity index (χ3v) is 3.42.